The van der Waals surface area contributed by atoms with Gasteiger partial charge in [-0.3, -0.25) is 4.57 Å². The van der Waals surface area contributed by atoms with E-state index in [1.165, 1.54) is 14.2 Å². The van der Waals surface area contributed by atoms with Gasteiger partial charge in [-0.25, -0.2) is 0 Å². The monoisotopic (exact) mass is 184 g/mol. The molecule has 5 nitrogen and oxygen atoms in total. The van der Waals surface area contributed by atoms with Crippen molar-refractivity contribution in [2.45, 2.75) is 0 Å². The van der Waals surface area contributed by atoms with Crippen LogP contribution in [-0.4, -0.2) is 38.7 Å². The van der Waals surface area contributed by atoms with Crippen molar-refractivity contribution in [3.63, 3.8) is 0 Å². The SMILES string of the molecule is COCCOP(=O)(O)COC. The highest BCUT2D eigenvalue weighted by Crippen LogP contribution is 2.40. The summed E-state index contributed by atoms with van der Waals surface area (Å²) < 4.78 is 24.5. The van der Waals surface area contributed by atoms with Gasteiger partial charge in [0, 0.05) is 14.2 Å². The molecule has 0 aliphatic heterocycles. The molecule has 0 spiro atoms. The third kappa shape index (κ3) is 6.47. The fraction of sp³-hybridized carbons (Fsp3) is 1.00. The third-order valence-electron chi connectivity index (χ3n) is 0.873. The molecule has 0 saturated heterocycles. The van der Waals surface area contributed by atoms with E-state index < -0.39 is 7.60 Å². The van der Waals surface area contributed by atoms with E-state index in [1.54, 1.807) is 0 Å². The molecular formula is C5H13O5P. The van der Waals surface area contributed by atoms with Gasteiger partial charge in [0.25, 0.3) is 0 Å². The Morgan fingerprint density at radius 3 is 2.36 bits per heavy atom. The van der Waals surface area contributed by atoms with Crippen molar-refractivity contribution in [2.24, 2.45) is 0 Å². The smallest absolute Gasteiger partial charge is 0.353 e. The first-order valence-corrected chi connectivity index (χ1v) is 4.83. The van der Waals surface area contributed by atoms with Crippen LogP contribution in [0.3, 0.4) is 0 Å². The minimum Gasteiger partial charge on any atom is -0.382 e. The molecule has 0 aromatic heterocycles. The first-order chi connectivity index (χ1) is 5.12. The van der Waals surface area contributed by atoms with Gasteiger partial charge in [0.1, 0.15) is 6.35 Å². The normalized spacial score (nSPS) is 16.3. The Hall–Kier alpha value is 0.0700. The molecule has 11 heavy (non-hydrogen) atoms. The molecule has 0 aliphatic rings. The molecule has 68 valence electrons. The molecule has 0 aromatic rings. The molecule has 6 heteroatoms. The van der Waals surface area contributed by atoms with Gasteiger partial charge < -0.3 is 18.9 Å². The lowest BCUT2D eigenvalue weighted by molar-refractivity contribution is 0.127. The molecule has 0 heterocycles. The van der Waals surface area contributed by atoms with Crippen LogP contribution in [0.15, 0.2) is 0 Å². The summed E-state index contributed by atoms with van der Waals surface area (Å²) >= 11 is 0. The van der Waals surface area contributed by atoms with Gasteiger partial charge in [-0.2, -0.15) is 0 Å². The van der Waals surface area contributed by atoms with E-state index in [2.05, 4.69) is 14.0 Å². The molecule has 0 fully saturated rings. The van der Waals surface area contributed by atoms with Gasteiger partial charge in [-0.15, -0.1) is 0 Å². The maximum absolute atomic E-state index is 10.8. The lowest BCUT2D eigenvalue weighted by Gasteiger charge is -2.09. The van der Waals surface area contributed by atoms with Crippen molar-refractivity contribution in [3.8, 4) is 0 Å². The predicted molar refractivity (Wildman–Crippen MR) is 39.5 cm³/mol. The summed E-state index contributed by atoms with van der Waals surface area (Å²) in [5.41, 5.74) is 0. The van der Waals surface area contributed by atoms with E-state index in [0.29, 0.717) is 6.61 Å². The number of hydrogen-bond donors (Lipinski definition) is 1. The van der Waals surface area contributed by atoms with Crippen molar-refractivity contribution >= 4 is 7.60 Å². The van der Waals surface area contributed by atoms with E-state index in [1.807, 2.05) is 0 Å². The second-order valence-electron chi connectivity index (χ2n) is 1.88. The van der Waals surface area contributed by atoms with E-state index in [4.69, 9.17) is 4.89 Å². The van der Waals surface area contributed by atoms with Gasteiger partial charge in [0.15, 0.2) is 0 Å². The Kier molecular flexibility index (Phi) is 5.72. The van der Waals surface area contributed by atoms with Gasteiger partial charge in [-0.05, 0) is 0 Å². The standard InChI is InChI=1S/C5H13O5P/c1-8-3-4-10-11(6,7)5-9-2/h3-5H2,1-2H3,(H,6,7). The molecule has 0 rings (SSSR count). The van der Waals surface area contributed by atoms with Crippen LogP contribution in [0.1, 0.15) is 0 Å². The fourth-order valence-electron chi connectivity index (χ4n) is 0.464. The van der Waals surface area contributed by atoms with E-state index in [0.717, 1.165) is 0 Å². The highest BCUT2D eigenvalue weighted by Gasteiger charge is 2.17. The zero-order valence-electron chi connectivity index (χ0n) is 6.65. The van der Waals surface area contributed by atoms with Crippen molar-refractivity contribution in [1.29, 1.82) is 0 Å². The minimum atomic E-state index is -3.52. The quantitative estimate of drug-likeness (QED) is 0.479. The lowest BCUT2D eigenvalue weighted by Crippen LogP contribution is -2.02. The Balaban J connectivity index is 3.47. The second-order valence-corrected chi connectivity index (χ2v) is 3.67. The zero-order valence-corrected chi connectivity index (χ0v) is 7.54. The maximum Gasteiger partial charge on any atom is 0.353 e. The molecule has 1 N–H and O–H groups in total. The van der Waals surface area contributed by atoms with Crippen molar-refractivity contribution in [2.75, 3.05) is 33.8 Å². The Morgan fingerprint density at radius 1 is 1.27 bits per heavy atom. The van der Waals surface area contributed by atoms with E-state index >= 15 is 0 Å². The number of hydrogen-bond acceptors (Lipinski definition) is 4. The van der Waals surface area contributed by atoms with Crippen molar-refractivity contribution in [3.05, 3.63) is 0 Å². The van der Waals surface area contributed by atoms with E-state index in [9.17, 15) is 4.57 Å². The van der Waals surface area contributed by atoms with E-state index in [-0.39, 0.29) is 13.0 Å². The largest absolute Gasteiger partial charge is 0.382 e. The van der Waals surface area contributed by atoms with Crippen LogP contribution in [0.5, 0.6) is 0 Å². The lowest BCUT2D eigenvalue weighted by atomic mass is 10.8. The molecule has 0 amide bonds. The highest BCUT2D eigenvalue weighted by atomic mass is 31.2. The van der Waals surface area contributed by atoms with Crippen LogP contribution in [0.25, 0.3) is 0 Å². The third-order valence-corrected chi connectivity index (χ3v) is 2.04. The zero-order chi connectivity index (χ0) is 8.74. The molecular weight excluding hydrogens is 171 g/mol. The van der Waals surface area contributed by atoms with Crippen LogP contribution < -0.4 is 0 Å². The molecule has 0 radical (unpaired) electrons. The average Bonchev–Trinajstić information content (AvgIpc) is 1.87. The molecule has 0 aliphatic carbocycles. The Morgan fingerprint density at radius 2 is 1.91 bits per heavy atom. The minimum absolute atomic E-state index is 0.105. The van der Waals surface area contributed by atoms with Gasteiger partial charge in [-0.1, -0.05) is 0 Å². The van der Waals surface area contributed by atoms with Gasteiger partial charge >= 0.3 is 7.60 Å². The average molecular weight is 184 g/mol. The number of ether oxygens (including phenoxy) is 2. The highest BCUT2D eigenvalue weighted by molar-refractivity contribution is 7.52. The first kappa shape index (κ1) is 11.1. The molecule has 1 unspecified atom stereocenters. The van der Waals surface area contributed by atoms with Gasteiger partial charge in [0.05, 0.1) is 13.2 Å². The van der Waals surface area contributed by atoms with Crippen LogP contribution >= 0.6 is 7.60 Å². The predicted octanol–water partition coefficient (Wildman–Crippen LogP) is 0.439. The summed E-state index contributed by atoms with van der Waals surface area (Å²) in [5.74, 6) is 0. The van der Waals surface area contributed by atoms with Crippen LogP contribution in [0.4, 0.5) is 0 Å². The first-order valence-electron chi connectivity index (χ1n) is 3.06. The van der Waals surface area contributed by atoms with Crippen LogP contribution in [0, 0.1) is 0 Å². The summed E-state index contributed by atoms with van der Waals surface area (Å²) in [6.07, 6.45) is -0.281. The summed E-state index contributed by atoms with van der Waals surface area (Å²) in [6.45, 7) is 0.405. The second kappa shape index (κ2) is 5.69. The molecule has 1 atom stereocenters. The fourth-order valence-corrected chi connectivity index (χ4v) is 1.22. The van der Waals surface area contributed by atoms with Gasteiger partial charge in [0.2, 0.25) is 0 Å². The molecule has 0 saturated carbocycles. The number of methoxy groups -OCH3 is 2. The maximum atomic E-state index is 10.8. The summed E-state index contributed by atoms with van der Waals surface area (Å²) in [6, 6.07) is 0. The summed E-state index contributed by atoms with van der Waals surface area (Å²) in [5, 5.41) is 0. The Bertz CT molecular complexity index is 137. The summed E-state index contributed by atoms with van der Waals surface area (Å²) in [4.78, 5) is 8.89. The summed E-state index contributed by atoms with van der Waals surface area (Å²) in [7, 11) is -0.701. The van der Waals surface area contributed by atoms with Crippen LogP contribution in [-0.2, 0) is 18.6 Å². The number of rotatable bonds is 6. The molecule has 0 bridgehead atoms. The topological polar surface area (TPSA) is 65.0 Å². The van der Waals surface area contributed by atoms with Crippen molar-refractivity contribution in [1.82, 2.24) is 0 Å². The Labute approximate surface area is 65.8 Å². The molecule has 0 aromatic carbocycles. The van der Waals surface area contributed by atoms with Crippen molar-refractivity contribution < 1.29 is 23.5 Å². The van der Waals surface area contributed by atoms with Crippen LogP contribution in [0.2, 0.25) is 0 Å².